The van der Waals surface area contributed by atoms with E-state index in [4.69, 9.17) is 10.2 Å². The Morgan fingerprint density at radius 1 is 0.943 bits per heavy atom. The number of carbonyl (C=O) groups excluding carboxylic acids is 1. The maximum atomic E-state index is 14.5. The van der Waals surface area contributed by atoms with E-state index in [9.17, 15) is 9.18 Å². The second kappa shape index (κ2) is 14.8. The smallest absolute Gasteiger partial charge is 0.180 e. The van der Waals surface area contributed by atoms with Crippen LogP contribution < -0.4 is 5.73 Å². The molecule has 0 saturated carbocycles. The van der Waals surface area contributed by atoms with Gasteiger partial charge in [0.15, 0.2) is 16.7 Å². The first-order valence-electron chi connectivity index (χ1n) is 13.2. The van der Waals surface area contributed by atoms with Crippen LogP contribution in [0.4, 0.5) is 9.52 Å². The standard InChI is InChI=1S/C29H39FN2O2S/c1-2-3-4-5-6-7-8-9-10-11-12-13-18-23(27(33)22-17-14-15-19-24(22)30)28-26(32-29(31)35-28)25-20-16-21-34-25/h14-17,19-21,23H,2-13,18H2,1H3,(H2,31,32). The Morgan fingerprint density at radius 2 is 1.57 bits per heavy atom. The van der Waals surface area contributed by atoms with E-state index in [1.54, 1.807) is 30.5 Å². The van der Waals surface area contributed by atoms with Gasteiger partial charge in [0.05, 0.1) is 17.7 Å². The van der Waals surface area contributed by atoms with Crippen molar-refractivity contribution in [1.29, 1.82) is 0 Å². The van der Waals surface area contributed by atoms with Gasteiger partial charge >= 0.3 is 0 Å². The number of thiazole rings is 1. The number of halogens is 1. The molecule has 1 atom stereocenters. The number of hydrogen-bond acceptors (Lipinski definition) is 5. The van der Waals surface area contributed by atoms with E-state index in [1.807, 2.05) is 6.07 Å². The van der Waals surface area contributed by atoms with Gasteiger partial charge in [0, 0.05) is 4.88 Å². The minimum absolute atomic E-state index is 0.119. The highest BCUT2D eigenvalue weighted by Gasteiger charge is 2.30. The van der Waals surface area contributed by atoms with Gasteiger partial charge in [-0.25, -0.2) is 9.37 Å². The third-order valence-electron chi connectivity index (χ3n) is 6.54. The molecule has 0 saturated heterocycles. The monoisotopic (exact) mass is 498 g/mol. The summed E-state index contributed by atoms with van der Waals surface area (Å²) in [5.41, 5.74) is 6.75. The Kier molecular flexibility index (Phi) is 11.5. The molecule has 190 valence electrons. The van der Waals surface area contributed by atoms with E-state index < -0.39 is 11.7 Å². The molecule has 0 amide bonds. The zero-order chi connectivity index (χ0) is 24.9. The van der Waals surface area contributed by atoms with Gasteiger partial charge in [-0.2, -0.15) is 0 Å². The molecular formula is C29H39FN2O2S. The maximum Gasteiger partial charge on any atom is 0.180 e. The molecule has 0 aliphatic carbocycles. The second-order valence-electron chi connectivity index (χ2n) is 9.32. The lowest BCUT2D eigenvalue weighted by molar-refractivity contribution is 0.0951. The number of furan rings is 1. The highest BCUT2D eigenvalue weighted by molar-refractivity contribution is 7.16. The number of anilines is 1. The summed E-state index contributed by atoms with van der Waals surface area (Å²) in [5, 5.41) is 0.382. The largest absolute Gasteiger partial charge is 0.463 e. The van der Waals surface area contributed by atoms with Gasteiger partial charge in [0.2, 0.25) is 0 Å². The van der Waals surface area contributed by atoms with Crippen molar-refractivity contribution in [1.82, 2.24) is 4.98 Å². The first-order valence-corrected chi connectivity index (χ1v) is 14.0. The molecule has 0 radical (unpaired) electrons. The Balaban J connectivity index is 1.56. The molecule has 0 bridgehead atoms. The minimum Gasteiger partial charge on any atom is -0.463 e. The number of ketones is 1. The summed E-state index contributed by atoms with van der Waals surface area (Å²) >= 11 is 1.30. The van der Waals surface area contributed by atoms with Gasteiger partial charge in [0.1, 0.15) is 11.5 Å². The van der Waals surface area contributed by atoms with E-state index >= 15 is 0 Å². The molecule has 1 unspecified atom stereocenters. The van der Waals surface area contributed by atoms with Crippen molar-refractivity contribution in [2.45, 2.75) is 96.3 Å². The predicted molar refractivity (Wildman–Crippen MR) is 143 cm³/mol. The average molecular weight is 499 g/mol. The Hall–Kier alpha value is -2.47. The van der Waals surface area contributed by atoms with Crippen LogP contribution in [-0.4, -0.2) is 10.8 Å². The normalized spacial score (nSPS) is 12.2. The van der Waals surface area contributed by atoms with Crippen LogP contribution in [0.25, 0.3) is 11.5 Å². The van der Waals surface area contributed by atoms with Crippen molar-refractivity contribution in [3.05, 3.63) is 58.9 Å². The Labute approximate surface area is 213 Å². The molecule has 3 aromatic rings. The molecule has 2 aromatic heterocycles. The van der Waals surface area contributed by atoms with Crippen molar-refractivity contribution in [2.75, 3.05) is 5.73 Å². The number of nitrogens with zero attached hydrogens (tertiary/aromatic N) is 1. The summed E-state index contributed by atoms with van der Waals surface area (Å²) in [5.74, 6) is -0.629. The fourth-order valence-corrected chi connectivity index (χ4v) is 5.57. The number of unbranched alkanes of at least 4 members (excludes halogenated alkanes) is 11. The number of carbonyl (C=O) groups is 1. The highest BCUT2D eigenvalue weighted by Crippen LogP contribution is 2.39. The van der Waals surface area contributed by atoms with E-state index in [0.717, 1.165) is 24.1 Å². The van der Waals surface area contributed by atoms with Crippen LogP contribution in [-0.2, 0) is 0 Å². The van der Waals surface area contributed by atoms with Crippen LogP contribution >= 0.6 is 11.3 Å². The number of rotatable bonds is 17. The first kappa shape index (κ1) is 27.1. The third-order valence-corrected chi connectivity index (χ3v) is 7.54. The summed E-state index contributed by atoms with van der Waals surface area (Å²) in [6.45, 7) is 2.25. The van der Waals surface area contributed by atoms with Crippen molar-refractivity contribution in [3.8, 4) is 11.5 Å². The molecule has 0 aliphatic rings. The third kappa shape index (κ3) is 8.31. The molecular weight excluding hydrogens is 459 g/mol. The first-order chi connectivity index (χ1) is 17.1. The molecule has 35 heavy (non-hydrogen) atoms. The lowest BCUT2D eigenvalue weighted by Gasteiger charge is -2.16. The topological polar surface area (TPSA) is 69.1 Å². The summed E-state index contributed by atoms with van der Waals surface area (Å²) < 4.78 is 20.0. The van der Waals surface area contributed by atoms with Gasteiger partial charge in [-0.15, -0.1) is 11.3 Å². The lowest BCUT2D eigenvalue weighted by atomic mass is 9.89. The number of nitrogen functional groups attached to an aromatic ring is 1. The molecule has 0 spiro atoms. The number of aromatic nitrogens is 1. The quantitative estimate of drug-likeness (QED) is 0.149. The second-order valence-corrected chi connectivity index (χ2v) is 10.4. The zero-order valence-corrected chi connectivity index (χ0v) is 21.8. The lowest BCUT2D eigenvalue weighted by Crippen LogP contribution is -2.14. The summed E-state index contributed by atoms with van der Waals surface area (Å²) in [6.07, 6.45) is 17.2. The van der Waals surface area contributed by atoms with Gasteiger partial charge in [-0.1, -0.05) is 96.1 Å². The fourth-order valence-electron chi connectivity index (χ4n) is 4.59. The molecule has 2 heterocycles. The van der Waals surface area contributed by atoms with E-state index in [0.29, 0.717) is 23.0 Å². The van der Waals surface area contributed by atoms with E-state index in [1.165, 1.54) is 75.2 Å². The van der Waals surface area contributed by atoms with Crippen molar-refractivity contribution < 1.29 is 13.6 Å². The van der Waals surface area contributed by atoms with Crippen molar-refractivity contribution in [2.24, 2.45) is 0 Å². The fraction of sp³-hybridized carbons (Fsp3) is 0.517. The number of nitrogens with two attached hydrogens (primary N) is 1. The van der Waals surface area contributed by atoms with Crippen LogP contribution in [0, 0.1) is 5.82 Å². The molecule has 1 aromatic carbocycles. The molecule has 2 N–H and O–H groups in total. The molecule has 4 nitrogen and oxygen atoms in total. The predicted octanol–water partition coefficient (Wildman–Crippen LogP) is 9.18. The van der Waals surface area contributed by atoms with Crippen LogP contribution in [0.2, 0.25) is 0 Å². The minimum atomic E-state index is -0.495. The summed E-state index contributed by atoms with van der Waals surface area (Å²) in [6, 6.07) is 9.80. The van der Waals surface area contributed by atoms with Gasteiger partial charge in [-0.3, -0.25) is 4.79 Å². The van der Waals surface area contributed by atoms with Gasteiger partial charge < -0.3 is 10.2 Å². The van der Waals surface area contributed by atoms with Gasteiger partial charge in [0.25, 0.3) is 0 Å². The van der Waals surface area contributed by atoms with Gasteiger partial charge in [-0.05, 0) is 30.7 Å². The Bertz CT molecular complexity index is 1020. The number of benzene rings is 1. The molecule has 6 heteroatoms. The average Bonchev–Trinajstić information content (AvgIpc) is 3.52. The zero-order valence-electron chi connectivity index (χ0n) is 20.9. The highest BCUT2D eigenvalue weighted by atomic mass is 32.1. The van der Waals surface area contributed by atoms with Crippen LogP contribution in [0.5, 0.6) is 0 Å². The Morgan fingerprint density at radius 3 is 2.17 bits per heavy atom. The van der Waals surface area contributed by atoms with Crippen molar-refractivity contribution in [3.63, 3.8) is 0 Å². The van der Waals surface area contributed by atoms with E-state index in [2.05, 4.69) is 11.9 Å². The van der Waals surface area contributed by atoms with Crippen LogP contribution in [0.15, 0.2) is 47.1 Å². The number of hydrogen-bond donors (Lipinski definition) is 1. The molecule has 3 rings (SSSR count). The molecule has 0 fully saturated rings. The van der Waals surface area contributed by atoms with Crippen molar-refractivity contribution >= 4 is 22.3 Å². The summed E-state index contributed by atoms with van der Waals surface area (Å²) in [7, 11) is 0. The van der Waals surface area contributed by atoms with Crippen LogP contribution in [0.3, 0.4) is 0 Å². The van der Waals surface area contributed by atoms with E-state index in [-0.39, 0.29) is 11.3 Å². The molecule has 0 aliphatic heterocycles. The summed E-state index contributed by atoms with van der Waals surface area (Å²) in [4.78, 5) is 18.7. The SMILES string of the molecule is CCCCCCCCCCCCCCC(C(=O)c1ccccc1F)c1sc(N)nc1-c1ccco1. The number of Topliss-reactive ketones (excluding diaryl/α,β-unsaturated/α-hetero) is 1. The maximum absolute atomic E-state index is 14.5. The van der Waals surface area contributed by atoms with Crippen LogP contribution in [0.1, 0.15) is 112 Å².